The molecule has 1 N–H and O–H groups in total. The van der Waals surface area contributed by atoms with E-state index >= 15 is 0 Å². The van der Waals surface area contributed by atoms with Gasteiger partial charge in [-0.1, -0.05) is 19.3 Å². The first kappa shape index (κ1) is 8.31. The number of carbonyl (C=O) groups is 1. The molecule has 0 aromatic rings. The highest BCUT2D eigenvalue weighted by molar-refractivity contribution is 5.64. The molecule has 1 aliphatic rings. The van der Waals surface area contributed by atoms with Crippen LogP contribution >= 0.6 is 0 Å². The summed E-state index contributed by atoms with van der Waals surface area (Å²) >= 11 is 0. The molecule has 0 saturated heterocycles. The van der Waals surface area contributed by atoms with Crippen LogP contribution in [0.5, 0.6) is 0 Å². The zero-order chi connectivity index (χ0) is 7.94. The predicted molar refractivity (Wildman–Crippen MR) is 45.2 cm³/mol. The molecule has 1 aliphatic carbocycles. The predicted octanol–water partition coefficient (Wildman–Crippen LogP) is 1.62. The maximum Gasteiger partial charge on any atom is 0.144 e. The van der Waals surface area contributed by atoms with Gasteiger partial charge in [-0.05, 0) is 25.1 Å². The number of nitrogens with one attached hydrogen (secondary N) is 1. The van der Waals surface area contributed by atoms with E-state index in [-0.39, 0.29) is 0 Å². The molecule has 0 unspecified atom stereocenters. The van der Waals surface area contributed by atoms with E-state index in [1.54, 1.807) is 6.20 Å². The van der Waals surface area contributed by atoms with Gasteiger partial charge in [0.05, 0.1) is 0 Å². The highest BCUT2D eigenvalue weighted by atomic mass is 16.1. The Hall–Kier alpha value is -0.790. The molecule has 0 atom stereocenters. The third-order valence-corrected chi connectivity index (χ3v) is 2.11. The van der Waals surface area contributed by atoms with Gasteiger partial charge < -0.3 is 5.32 Å². The largest absolute Gasteiger partial charge is 0.388 e. The van der Waals surface area contributed by atoms with Gasteiger partial charge in [0.1, 0.15) is 6.29 Å². The maximum absolute atomic E-state index is 9.92. The number of rotatable bonds is 3. The van der Waals surface area contributed by atoms with E-state index in [9.17, 15) is 4.79 Å². The molecule has 2 nitrogen and oxygen atoms in total. The molecule has 0 aromatic heterocycles. The van der Waals surface area contributed by atoms with Crippen molar-refractivity contribution in [3.8, 4) is 0 Å². The normalized spacial score (nSPS) is 20.4. The minimum absolute atomic E-state index is 0.611. The fraction of sp³-hybridized carbons (Fsp3) is 0.667. The smallest absolute Gasteiger partial charge is 0.144 e. The molecule has 0 amide bonds. The summed E-state index contributed by atoms with van der Waals surface area (Å²) in [5, 5.41) is 3.21. The highest BCUT2D eigenvalue weighted by Crippen LogP contribution is 2.16. The number of carbonyl (C=O) groups excluding carboxylic acids is 1. The van der Waals surface area contributed by atoms with Crippen molar-refractivity contribution in [3.05, 3.63) is 12.3 Å². The van der Waals surface area contributed by atoms with Gasteiger partial charge in [-0.3, -0.25) is 4.79 Å². The molecule has 0 bridgehead atoms. The summed E-state index contributed by atoms with van der Waals surface area (Å²) in [5.74, 6) is 0. The number of allylic oxidation sites excluding steroid dienone is 1. The Morgan fingerprint density at radius 3 is 2.55 bits per heavy atom. The van der Waals surface area contributed by atoms with Crippen LogP contribution in [-0.2, 0) is 4.79 Å². The second-order valence-electron chi connectivity index (χ2n) is 3.00. The first-order valence-corrected chi connectivity index (χ1v) is 4.30. The van der Waals surface area contributed by atoms with Crippen LogP contribution in [0.4, 0.5) is 0 Å². The van der Waals surface area contributed by atoms with Crippen molar-refractivity contribution in [1.29, 1.82) is 0 Å². The van der Waals surface area contributed by atoms with Crippen molar-refractivity contribution in [2.45, 2.75) is 38.1 Å². The summed E-state index contributed by atoms with van der Waals surface area (Å²) < 4.78 is 0. The van der Waals surface area contributed by atoms with Gasteiger partial charge in [-0.25, -0.2) is 0 Å². The molecule has 0 aromatic carbocycles. The average Bonchev–Trinajstić information content (AvgIpc) is 2.07. The monoisotopic (exact) mass is 153 g/mol. The SMILES string of the molecule is O=C/C=C/NC1CCCCC1. The van der Waals surface area contributed by atoms with E-state index in [4.69, 9.17) is 0 Å². The lowest BCUT2D eigenvalue weighted by Crippen LogP contribution is -2.26. The van der Waals surface area contributed by atoms with Gasteiger partial charge in [0, 0.05) is 6.04 Å². The molecule has 0 aliphatic heterocycles. The topological polar surface area (TPSA) is 29.1 Å². The fourth-order valence-electron chi connectivity index (χ4n) is 1.50. The molecular formula is C9H15NO. The Labute approximate surface area is 67.7 Å². The van der Waals surface area contributed by atoms with Crippen LogP contribution < -0.4 is 5.32 Å². The lowest BCUT2D eigenvalue weighted by molar-refractivity contribution is -0.104. The number of hydrogen-bond donors (Lipinski definition) is 1. The Balaban J connectivity index is 2.14. The highest BCUT2D eigenvalue weighted by Gasteiger charge is 2.10. The zero-order valence-corrected chi connectivity index (χ0v) is 6.75. The quantitative estimate of drug-likeness (QED) is 0.493. The van der Waals surface area contributed by atoms with Gasteiger partial charge in [0.15, 0.2) is 0 Å². The van der Waals surface area contributed by atoms with Gasteiger partial charge in [0.25, 0.3) is 0 Å². The molecule has 2 heteroatoms. The van der Waals surface area contributed by atoms with Gasteiger partial charge >= 0.3 is 0 Å². The van der Waals surface area contributed by atoms with Crippen molar-refractivity contribution < 1.29 is 4.79 Å². The summed E-state index contributed by atoms with van der Waals surface area (Å²) in [7, 11) is 0. The van der Waals surface area contributed by atoms with E-state index in [2.05, 4.69) is 5.32 Å². The van der Waals surface area contributed by atoms with Crippen LogP contribution in [0.2, 0.25) is 0 Å². The van der Waals surface area contributed by atoms with Crippen LogP contribution in [0.3, 0.4) is 0 Å². The minimum Gasteiger partial charge on any atom is -0.388 e. The van der Waals surface area contributed by atoms with Crippen molar-refractivity contribution >= 4 is 6.29 Å². The first-order valence-electron chi connectivity index (χ1n) is 4.30. The summed E-state index contributed by atoms with van der Waals surface area (Å²) in [6, 6.07) is 0.611. The lowest BCUT2D eigenvalue weighted by Gasteiger charge is -2.21. The van der Waals surface area contributed by atoms with Crippen molar-refractivity contribution in [2.75, 3.05) is 0 Å². The molecule has 1 rings (SSSR count). The average molecular weight is 153 g/mol. The first-order chi connectivity index (χ1) is 5.43. The molecule has 1 saturated carbocycles. The minimum atomic E-state index is 0.611. The third-order valence-electron chi connectivity index (χ3n) is 2.11. The second-order valence-corrected chi connectivity index (χ2v) is 3.00. The maximum atomic E-state index is 9.92. The number of aldehydes is 1. The Bertz CT molecular complexity index is 136. The van der Waals surface area contributed by atoms with E-state index in [1.165, 1.54) is 38.2 Å². The molecule has 62 valence electrons. The van der Waals surface area contributed by atoms with Crippen LogP contribution in [0, 0.1) is 0 Å². The molecule has 0 heterocycles. The van der Waals surface area contributed by atoms with Crippen LogP contribution in [0.25, 0.3) is 0 Å². The van der Waals surface area contributed by atoms with Crippen LogP contribution in [0.15, 0.2) is 12.3 Å². The van der Waals surface area contributed by atoms with Gasteiger partial charge in [-0.15, -0.1) is 0 Å². The lowest BCUT2D eigenvalue weighted by atomic mass is 9.96. The van der Waals surface area contributed by atoms with Crippen LogP contribution in [-0.4, -0.2) is 12.3 Å². The second kappa shape index (κ2) is 4.94. The van der Waals surface area contributed by atoms with E-state index in [0.29, 0.717) is 6.04 Å². The Morgan fingerprint density at radius 1 is 1.18 bits per heavy atom. The number of hydrogen-bond acceptors (Lipinski definition) is 2. The zero-order valence-electron chi connectivity index (χ0n) is 6.75. The standard InChI is InChI=1S/C9H15NO/c11-8-4-7-10-9-5-2-1-3-6-9/h4,7-10H,1-3,5-6H2/b7-4+. The molecule has 0 spiro atoms. The summed E-state index contributed by atoms with van der Waals surface area (Å²) in [5.41, 5.74) is 0. The van der Waals surface area contributed by atoms with E-state index in [1.807, 2.05) is 0 Å². The van der Waals surface area contributed by atoms with Crippen molar-refractivity contribution in [2.24, 2.45) is 0 Å². The molecule has 0 radical (unpaired) electrons. The fourth-order valence-corrected chi connectivity index (χ4v) is 1.50. The summed E-state index contributed by atoms with van der Waals surface area (Å²) in [6.45, 7) is 0. The van der Waals surface area contributed by atoms with Crippen molar-refractivity contribution in [3.63, 3.8) is 0 Å². The van der Waals surface area contributed by atoms with Crippen LogP contribution in [0.1, 0.15) is 32.1 Å². The van der Waals surface area contributed by atoms with Crippen molar-refractivity contribution in [1.82, 2.24) is 5.32 Å². The van der Waals surface area contributed by atoms with E-state index < -0.39 is 0 Å². The third kappa shape index (κ3) is 3.21. The summed E-state index contributed by atoms with van der Waals surface area (Å²) in [4.78, 5) is 9.92. The summed E-state index contributed by atoms with van der Waals surface area (Å²) in [6.07, 6.45) is 10.6. The van der Waals surface area contributed by atoms with Gasteiger partial charge in [-0.2, -0.15) is 0 Å². The molecular weight excluding hydrogens is 138 g/mol. The Kier molecular flexibility index (Phi) is 3.73. The molecule has 1 fully saturated rings. The molecule has 11 heavy (non-hydrogen) atoms. The Morgan fingerprint density at radius 2 is 1.91 bits per heavy atom. The van der Waals surface area contributed by atoms with E-state index in [0.717, 1.165) is 6.29 Å². The van der Waals surface area contributed by atoms with Gasteiger partial charge in [0.2, 0.25) is 0 Å².